The molecule has 102 valence electrons. The smallest absolute Gasteiger partial charge is 0.279 e. The van der Waals surface area contributed by atoms with Crippen molar-refractivity contribution in [3.05, 3.63) is 0 Å². The quantitative estimate of drug-likeness (QED) is 0.663. The van der Waals surface area contributed by atoms with E-state index in [1.165, 1.54) is 0 Å². The third-order valence-electron chi connectivity index (χ3n) is 3.22. The fourth-order valence-electron chi connectivity index (χ4n) is 1.97. The van der Waals surface area contributed by atoms with Crippen molar-refractivity contribution >= 4 is 10.2 Å². The van der Waals surface area contributed by atoms with Gasteiger partial charge in [-0.1, -0.05) is 13.3 Å². The van der Waals surface area contributed by atoms with E-state index in [2.05, 4.69) is 11.6 Å². The molecule has 1 heterocycles. The van der Waals surface area contributed by atoms with Gasteiger partial charge in [0, 0.05) is 19.6 Å². The van der Waals surface area contributed by atoms with Crippen LogP contribution in [0.15, 0.2) is 0 Å². The topological polar surface area (TPSA) is 75.4 Å². The molecule has 0 bridgehead atoms. The van der Waals surface area contributed by atoms with Gasteiger partial charge < -0.3 is 5.73 Å². The van der Waals surface area contributed by atoms with Gasteiger partial charge in [0.15, 0.2) is 0 Å². The Morgan fingerprint density at radius 1 is 1.29 bits per heavy atom. The lowest BCUT2D eigenvalue weighted by atomic mass is 10.1. The molecule has 1 rings (SSSR count). The Morgan fingerprint density at radius 3 is 2.53 bits per heavy atom. The molecule has 0 radical (unpaired) electrons. The van der Waals surface area contributed by atoms with E-state index in [1.54, 1.807) is 4.31 Å². The number of nitrogens with two attached hydrogens (primary N) is 1. The van der Waals surface area contributed by atoms with E-state index >= 15 is 0 Å². The van der Waals surface area contributed by atoms with Gasteiger partial charge in [0.25, 0.3) is 10.2 Å². The highest BCUT2D eigenvalue weighted by molar-refractivity contribution is 7.87. The molecule has 1 atom stereocenters. The largest absolute Gasteiger partial charge is 0.330 e. The zero-order chi connectivity index (χ0) is 12.7. The van der Waals surface area contributed by atoms with E-state index < -0.39 is 10.2 Å². The van der Waals surface area contributed by atoms with Gasteiger partial charge in [-0.2, -0.15) is 12.7 Å². The highest BCUT2D eigenvalue weighted by Gasteiger charge is 2.22. The average Bonchev–Trinajstić information content (AvgIpc) is 2.35. The van der Waals surface area contributed by atoms with Crippen LogP contribution in [0.2, 0.25) is 0 Å². The first-order chi connectivity index (χ1) is 8.06. The number of nitrogens with one attached hydrogen (secondary N) is 1. The van der Waals surface area contributed by atoms with Crippen LogP contribution in [0, 0.1) is 5.92 Å². The molecule has 1 unspecified atom stereocenters. The molecular weight excluding hydrogens is 238 g/mol. The number of hydrogen-bond acceptors (Lipinski definition) is 3. The molecule has 0 aromatic rings. The van der Waals surface area contributed by atoms with Crippen LogP contribution in [0.4, 0.5) is 0 Å². The maximum Gasteiger partial charge on any atom is 0.279 e. The lowest BCUT2D eigenvalue weighted by Crippen LogP contribution is -2.43. The second-order valence-corrected chi connectivity index (χ2v) is 6.60. The summed E-state index contributed by atoms with van der Waals surface area (Å²) in [5.41, 5.74) is 5.51. The normalized spacial score (nSPS) is 20.4. The van der Waals surface area contributed by atoms with Crippen molar-refractivity contribution in [3.8, 4) is 0 Å². The predicted octanol–water partition coefficient (Wildman–Crippen LogP) is 0.682. The van der Waals surface area contributed by atoms with E-state index in [0.29, 0.717) is 32.1 Å². The first-order valence-electron chi connectivity index (χ1n) is 6.51. The molecule has 0 aromatic carbocycles. The molecule has 6 heteroatoms. The van der Waals surface area contributed by atoms with Gasteiger partial charge >= 0.3 is 0 Å². The predicted molar refractivity (Wildman–Crippen MR) is 69.8 cm³/mol. The summed E-state index contributed by atoms with van der Waals surface area (Å²) in [4.78, 5) is 0. The summed E-state index contributed by atoms with van der Waals surface area (Å²) >= 11 is 0. The lowest BCUT2D eigenvalue weighted by molar-refractivity contribution is 0.341. The van der Waals surface area contributed by atoms with Crippen LogP contribution >= 0.6 is 0 Å². The second-order valence-electron chi connectivity index (χ2n) is 4.84. The van der Waals surface area contributed by atoms with E-state index in [4.69, 9.17) is 5.73 Å². The van der Waals surface area contributed by atoms with Crippen LogP contribution in [0.5, 0.6) is 0 Å². The van der Waals surface area contributed by atoms with E-state index in [-0.39, 0.29) is 0 Å². The zero-order valence-corrected chi connectivity index (χ0v) is 11.5. The fourth-order valence-corrected chi connectivity index (χ4v) is 3.29. The van der Waals surface area contributed by atoms with E-state index in [1.807, 2.05) is 0 Å². The highest BCUT2D eigenvalue weighted by Crippen LogP contribution is 2.12. The van der Waals surface area contributed by atoms with E-state index in [0.717, 1.165) is 32.1 Å². The molecule has 1 fully saturated rings. The maximum atomic E-state index is 11.9. The zero-order valence-electron chi connectivity index (χ0n) is 10.7. The van der Waals surface area contributed by atoms with Crippen molar-refractivity contribution < 1.29 is 8.42 Å². The third-order valence-corrected chi connectivity index (χ3v) is 4.83. The first-order valence-corrected chi connectivity index (χ1v) is 7.95. The number of piperidine rings is 1. The molecule has 1 aliphatic rings. The molecule has 5 nitrogen and oxygen atoms in total. The summed E-state index contributed by atoms with van der Waals surface area (Å²) in [5.74, 6) is 0.467. The van der Waals surface area contributed by atoms with Gasteiger partial charge in [-0.3, -0.25) is 0 Å². The van der Waals surface area contributed by atoms with Crippen molar-refractivity contribution in [2.45, 2.75) is 39.0 Å². The van der Waals surface area contributed by atoms with Crippen LogP contribution in [0.1, 0.15) is 39.0 Å². The standard InChI is InChI=1S/C11H25N3O2S/c1-11(10-12)6-5-7-13-17(15,16)14-8-3-2-4-9-14/h11,13H,2-10,12H2,1H3. The molecule has 3 N–H and O–H groups in total. The monoisotopic (exact) mass is 263 g/mol. The van der Waals surface area contributed by atoms with Gasteiger partial charge in [-0.05, 0) is 38.1 Å². The maximum absolute atomic E-state index is 11.9. The summed E-state index contributed by atoms with van der Waals surface area (Å²) in [6.07, 6.45) is 4.92. The minimum atomic E-state index is -3.24. The van der Waals surface area contributed by atoms with Gasteiger partial charge in [-0.25, -0.2) is 4.72 Å². The van der Waals surface area contributed by atoms with Gasteiger partial charge in [0.1, 0.15) is 0 Å². The molecule has 0 aliphatic carbocycles. The van der Waals surface area contributed by atoms with Crippen LogP contribution in [0.25, 0.3) is 0 Å². The summed E-state index contributed by atoms with van der Waals surface area (Å²) in [5, 5.41) is 0. The second kappa shape index (κ2) is 7.31. The van der Waals surface area contributed by atoms with Crippen LogP contribution in [-0.2, 0) is 10.2 Å². The summed E-state index contributed by atoms with van der Waals surface area (Å²) in [6, 6.07) is 0. The molecule has 0 aromatic heterocycles. The summed E-state index contributed by atoms with van der Waals surface area (Å²) < 4.78 is 28.0. The summed E-state index contributed by atoms with van der Waals surface area (Å²) in [7, 11) is -3.24. The molecule has 0 amide bonds. The number of hydrogen-bond donors (Lipinski definition) is 2. The Morgan fingerprint density at radius 2 is 1.94 bits per heavy atom. The Hall–Kier alpha value is -0.170. The molecule has 0 saturated carbocycles. The van der Waals surface area contributed by atoms with Gasteiger partial charge in [0.2, 0.25) is 0 Å². The fraction of sp³-hybridized carbons (Fsp3) is 1.00. The average molecular weight is 263 g/mol. The lowest BCUT2D eigenvalue weighted by Gasteiger charge is -2.26. The molecule has 17 heavy (non-hydrogen) atoms. The highest BCUT2D eigenvalue weighted by atomic mass is 32.2. The van der Waals surface area contributed by atoms with Crippen LogP contribution in [-0.4, -0.2) is 38.9 Å². The SMILES string of the molecule is CC(CN)CCCNS(=O)(=O)N1CCCCC1. The Balaban J connectivity index is 2.24. The van der Waals surface area contributed by atoms with Crippen molar-refractivity contribution in [1.29, 1.82) is 0 Å². The Bertz CT molecular complexity index is 300. The first kappa shape index (κ1) is 14.9. The molecule has 1 saturated heterocycles. The summed E-state index contributed by atoms with van der Waals surface area (Å²) in [6.45, 7) is 4.59. The third kappa shape index (κ3) is 5.33. The van der Waals surface area contributed by atoms with Crippen molar-refractivity contribution in [2.24, 2.45) is 11.7 Å². The van der Waals surface area contributed by atoms with Crippen molar-refractivity contribution in [3.63, 3.8) is 0 Å². The van der Waals surface area contributed by atoms with Crippen molar-refractivity contribution in [1.82, 2.24) is 9.03 Å². The van der Waals surface area contributed by atoms with E-state index in [9.17, 15) is 8.42 Å². The number of nitrogens with zero attached hydrogens (tertiary/aromatic N) is 1. The molecule has 0 spiro atoms. The van der Waals surface area contributed by atoms with Gasteiger partial charge in [0.05, 0.1) is 0 Å². The number of rotatable bonds is 7. The van der Waals surface area contributed by atoms with Crippen molar-refractivity contribution in [2.75, 3.05) is 26.2 Å². The molecule has 1 aliphatic heterocycles. The Kier molecular flexibility index (Phi) is 6.40. The molecular formula is C11H25N3O2S. The Labute approximate surface area is 105 Å². The van der Waals surface area contributed by atoms with Crippen LogP contribution in [0.3, 0.4) is 0 Å². The minimum absolute atomic E-state index is 0.467. The van der Waals surface area contributed by atoms with Crippen LogP contribution < -0.4 is 10.5 Å². The van der Waals surface area contributed by atoms with Gasteiger partial charge in [-0.15, -0.1) is 0 Å². The minimum Gasteiger partial charge on any atom is -0.330 e.